The summed E-state index contributed by atoms with van der Waals surface area (Å²) in [4.78, 5) is 52.3. The van der Waals surface area contributed by atoms with Crippen molar-refractivity contribution in [1.29, 1.82) is 0 Å². The Bertz CT molecular complexity index is 1470. The Morgan fingerprint density at radius 1 is 1.09 bits per heavy atom. The van der Waals surface area contributed by atoms with Gasteiger partial charge in [-0.25, -0.2) is 10.2 Å². The molecule has 1 aromatic carbocycles. The van der Waals surface area contributed by atoms with Gasteiger partial charge in [0, 0.05) is 28.4 Å². The fraction of sp³-hybridized carbons (Fsp3) is 0.0455. The van der Waals surface area contributed by atoms with E-state index >= 15 is 0 Å². The van der Waals surface area contributed by atoms with E-state index in [9.17, 15) is 19.2 Å². The van der Waals surface area contributed by atoms with E-state index in [0.717, 1.165) is 6.07 Å². The maximum absolute atomic E-state index is 13.2. The first-order valence-corrected chi connectivity index (χ1v) is 9.80. The highest BCUT2D eigenvalue weighted by atomic mass is 35.5. The fourth-order valence-corrected chi connectivity index (χ4v) is 3.47. The van der Waals surface area contributed by atoms with Gasteiger partial charge < -0.3 is 9.38 Å². The summed E-state index contributed by atoms with van der Waals surface area (Å²) >= 11 is 5.93. The number of hydrogen-bond acceptors (Lipinski definition) is 5. The molecule has 0 radical (unpaired) electrons. The van der Waals surface area contributed by atoms with Crippen LogP contribution >= 0.6 is 11.6 Å². The van der Waals surface area contributed by atoms with Gasteiger partial charge in [0.15, 0.2) is 0 Å². The number of aromatic nitrogens is 3. The number of halogens is 1. The van der Waals surface area contributed by atoms with Crippen molar-refractivity contribution in [2.24, 2.45) is 5.10 Å². The van der Waals surface area contributed by atoms with Crippen LogP contribution in [0, 0.1) is 6.92 Å². The molecule has 0 saturated heterocycles. The molecule has 1 amide bonds. The molecule has 0 bridgehead atoms. The molecule has 10 heteroatoms. The van der Waals surface area contributed by atoms with E-state index < -0.39 is 17.2 Å². The van der Waals surface area contributed by atoms with Gasteiger partial charge in [0.25, 0.3) is 11.5 Å². The van der Waals surface area contributed by atoms with Gasteiger partial charge in [0.2, 0.25) is 5.78 Å². The lowest BCUT2D eigenvalue weighted by molar-refractivity contribution is 0.0948. The highest BCUT2D eigenvalue weighted by Crippen LogP contribution is 2.24. The van der Waals surface area contributed by atoms with Crippen LogP contribution in [-0.4, -0.2) is 32.3 Å². The summed E-state index contributed by atoms with van der Waals surface area (Å²) in [6, 6.07) is 13.0. The van der Waals surface area contributed by atoms with Crippen molar-refractivity contribution < 1.29 is 9.59 Å². The minimum absolute atomic E-state index is 0.190. The first kappa shape index (κ1) is 21.0. The Kier molecular flexibility index (Phi) is 5.57. The largest absolute Gasteiger partial charge is 0.326 e. The van der Waals surface area contributed by atoms with Crippen molar-refractivity contribution in [3.05, 3.63) is 109 Å². The van der Waals surface area contributed by atoms with Gasteiger partial charge in [0.05, 0.1) is 17.4 Å². The average molecular weight is 450 g/mol. The zero-order chi connectivity index (χ0) is 22.8. The summed E-state index contributed by atoms with van der Waals surface area (Å²) in [6.07, 6.45) is 3.18. The zero-order valence-electron chi connectivity index (χ0n) is 16.7. The summed E-state index contributed by atoms with van der Waals surface area (Å²) in [7, 11) is 0. The van der Waals surface area contributed by atoms with E-state index in [1.165, 1.54) is 6.21 Å². The number of carbonyl (C=O) groups is 2. The number of fused-ring (bicyclic) bond motifs is 1. The summed E-state index contributed by atoms with van der Waals surface area (Å²) in [6.45, 7) is 1.79. The number of rotatable bonds is 5. The van der Waals surface area contributed by atoms with Crippen LogP contribution in [0.4, 0.5) is 0 Å². The van der Waals surface area contributed by atoms with Crippen molar-refractivity contribution in [2.75, 3.05) is 0 Å². The van der Waals surface area contributed by atoms with Crippen LogP contribution in [0.1, 0.15) is 37.7 Å². The molecule has 4 rings (SSSR count). The Morgan fingerprint density at radius 2 is 1.84 bits per heavy atom. The first-order valence-electron chi connectivity index (χ1n) is 9.42. The number of hydrogen-bond donors (Lipinski definition) is 3. The molecule has 32 heavy (non-hydrogen) atoms. The third kappa shape index (κ3) is 4.01. The lowest BCUT2D eigenvalue weighted by Gasteiger charge is -2.04. The second kappa shape index (κ2) is 8.48. The first-order chi connectivity index (χ1) is 15.3. The topological polar surface area (TPSA) is 129 Å². The maximum atomic E-state index is 13.2. The second-order valence-corrected chi connectivity index (χ2v) is 7.32. The van der Waals surface area contributed by atoms with E-state index in [2.05, 4.69) is 15.5 Å². The number of nitrogens with one attached hydrogen (secondary N) is 3. The molecule has 0 fully saturated rings. The van der Waals surface area contributed by atoms with Crippen molar-refractivity contribution in [1.82, 2.24) is 19.8 Å². The summed E-state index contributed by atoms with van der Waals surface area (Å²) in [5, 5.41) is 4.48. The minimum Gasteiger partial charge on any atom is -0.313 e. The molecule has 0 spiro atoms. The van der Waals surface area contributed by atoms with Gasteiger partial charge in [-0.2, -0.15) is 5.10 Å². The van der Waals surface area contributed by atoms with Crippen molar-refractivity contribution in [3.8, 4) is 0 Å². The highest BCUT2D eigenvalue weighted by Gasteiger charge is 2.21. The standard InChI is InChI=1S/C22H16ClN5O4/c1-12-15(11-24-27-21(31)16-10-18(29)26-22(32)25-16)17-4-2-3-9-28(17)19(12)20(30)13-5-7-14(23)8-6-13/h2-11H,1H3,(H,27,31)(H2,25,26,29,32)/b24-11+. The number of pyridine rings is 1. The van der Waals surface area contributed by atoms with Gasteiger partial charge in [-0.3, -0.25) is 19.4 Å². The SMILES string of the molecule is Cc1c(/C=N/NC(=O)c2cc(=O)[nH]c(=O)[nH]2)c2ccccn2c1C(=O)c1ccc(Cl)cc1. The van der Waals surface area contributed by atoms with Crippen LogP contribution in [0.5, 0.6) is 0 Å². The van der Waals surface area contributed by atoms with Crippen LogP contribution in [0.15, 0.2) is 69.4 Å². The lowest BCUT2D eigenvalue weighted by Crippen LogP contribution is -2.28. The Labute approximate surface area is 185 Å². The van der Waals surface area contributed by atoms with Crippen LogP contribution in [0.25, 0.3) is 5.52 Å². The van der Waals surface area contributed by atoms with Crippen LogP contribution in [-0.2, 0) is 0 Å². The van der Waals surface area contributed by atoms with E-state index in [0.29, 0.717) is 32.9 Å². The van der Waals surface area contributed by atoms with E-state index in [4.69, 9.17) is 11.6 Å². The lowest BCUT2D eigenvalue weighted by atomic mass is 10.0. The molecule has 3 N–H and O–H groups in total. The van der Waals surface area contributed by atoms with E-state index in [-0.39, 0.29) is 11.5 Å². The van der Waals surface area contributed by atoms with Gasteiger partial charge in [-0.1, -0.05) is 17.7 Å². The van der Waals surface area contributed by atoms with Crippen molar-refractivity contribution in [2.45, 2.75) is 6.92 Å². The number of ketones is 1. The van der Waals surface area contributed by atoms with Gasteiger partial charge in [-0.05, 0) is 48.9 Å². The van der Waals surface area contributed by atoms with Gasteiger partial charge in [0.1, 0.15) is 5.69 Å². The Balaban J connectivity index is 1.69. The molecule has 0 aliphatic carbocycles. The molecular formula is C22H16ClN5O4. The molecular weight excluding hydrogens is 434 g/mol. The minimum atomic E-state index is -0.800. The number of carbonyl (C=O) groups excluding carboxylic acids is 2. The van der Waals surface area contributed by atoms with Crippen LogP contribution in [0.2, 0.25) is 5.02 Å². The maximum Gasteiger partial charge on any atom is 0.326 e. The number of H-pyrrole nitrogens is 2. The molecule has 160 valence electrons. The monoisotopic (exact) mass is 449 g/mol. The Morgan fingerprint density at radius 3 is 2.56 bits per heavy atom. The summed E-state index contributed by atoms with van der Waals surface area (Å²) in [5.41, 5.74) is 3.48. The van der Waals surface area contributed by atoms with Crippen molar-refractivity contribution in [3.63, 3.8) is 0 Å². The van der Waals surface area contributed by atoms with E-state index in [1.54, 1.807) is 47.9 Å². The number of amides is 1. The molecule has 4 aromatic rings. The van der Waals surface area contributed by atoms with Gasteiger partial charge >= 0.3 is 5.69 Å². The fourth-order valence-electron chi connectivity index (χ4n) is 3.35. The second-order valence-electron chi connectivity index (χ2n) is 6.88. The molecule has 3 aromatic heterocycles. The quantitative estimate of drug-likeness (QED) is 0.245. The molecule has 3 heterocycles. The number of benzene rings is 1. The third-order valence-corrected chi connectivity index (χ3v) is 5.07. The molecule has 9 nitrogen and oxygen atoms in total. The third-order valence-electron chi connectivity index (χ3n) is 4.82. The predicted octanol–water partition coefficient (Wildman–Crippen LogP) is 2.27. The summed E-state index contributed by atoms with van der Waals surface area (Å²) in [5.74, 6) is -0.951. The molecule has 0 aliphatic rings. The number of nitrogens with zero attached hydrogens (tertiary/aromatic N) is 2. The molecule has 0 aliphatic heterocycles. The van der Waals surface area contributed by atoms with Crippen LogP contribution < -0.4 is 16.7 Å². The average Bonchev–Trinajstić information content (AvgIpc) is 3.04. The Hall–Kier alpha value is -4.24. The van der Waals surface area contributed by atoms with E-state index in [1.807, 2.05) is 17.1 Å². The molecule has 0 saturated carbocycles. The van der Waals surface area contributed by atoms with Crippen molar-refractivity contribution >= 4 is 35.0 Å². The molecule has 0 unspecified atom stereocenters. The normalized spacial score (nSPS) is 11.2. The van der Waals surface area contributed by atoms with Crippen LogP contribution in [0.3, 0.4) is 0 Å². The number of aromatic amines is 2. The molecule has 0 atom stereocenters. The summed E-state index contributed by atoms with van der Waals surface area (Å²) < 4.78 is 1.75. The smallest absolute Gasteiger partial charge is 0.313 e. The van der Waals surface area contributed by atoms with Gasteiger partial charge in [-0.15, -0.1) is 0 Å². The highest BCUT2D eigenvalue weighted by molar-refractivity contribution is 6.30. The zero-order valence-corrected chi connectivity index (χ0v) is 17.4. The predicted molar refractivity (Wildman–Crippen MR) is 120 cm³/mol. The number of hydrazone groups is 1.